The van der Waals surface area contributed by atoms with Gasteiger partial charge in [-0.1, -0.05) is 41.9 Å². The molecular formula is C16H15ClF3N. The molecule has 0 heterocycles. The van der Waals surface area contributed by atoms with Crippen LogP contribution in [0.5, 0.6) is 0 Å². The van der Waals surface area contributed by atoms with Gasteiger partial charge in [0.15, 0.2) is 0 Å². The number of rotatable bonds is 5. The monoisotopic (exact) mass is 313 g/mol. The van der Waals surface area contributed by atoms with Gasteiger partial charge in [0.05, 0.1) is 16.3 Å². The molecule has 0 fully saturated rings. The van der Waals surface area contributed by atoms with Crippen molar-refractivity contribution in [2.24, 2.45) is 0 Å². The zero-order chi connectivity index (χ0) is 15.3. The lowest BCUT2D eigenvalue weighted by Crippen LogP contribution is -2.08. The van der Waals surface area contributed by atoms with Crippen LogP contribution < -0.4 is 5.32 Å². The predicted molar refractivity (Wildman–Crippen MR) is 79.7 cm³/mol. The summed E-state index contributed by atoms with van der Waals surface area (Å²) < 4.78 is 37.9. The molecule has 0 spiro atoms. The van der Waals surface area contributed by atoms with Gasteiger partial charge >= 0.3 is 6.18 Å². The molecule has 0 aromatic heterocycles. The topological polar surface area (TPSA) is 12.0 Å². The minimum Gasteiger partial charge on any atom is -0.384 e. The van der Waals surface area contributed by atoms with Crippen molar-refractivity contribution in [1.29, 1.82) is 0 Å². The fourth-order valence-corrected chi connectivity index (χ4v) is 2.18. The summed E-state index contributed by atoms with van der Waals surface area (Å²) in [4.78, 5) is 0. The Kier molecular flexibility index (Phi) is 5.12. The highest BCUT2D eigenvalue weighted by molar-refractivity contribution is 6.33. The van der Waals surface area contributed by atoms with Crippen LogP contribution in [0.4, 0.5) is 18.9 Å². The molecule has 0 unspecified atom stereocenters. The lowest BCUT2D eigenvalue weighted by molar-refractivity contribution is -0.137. The van der Waals surface area contributed by atoms with Gasteiger partial charge in [-0.25, -0.2) is 0 Å². The summed E-state index contributed by atoms with van der Waals surface area (Å²) in [6.45, 7) is 0.565. The molecule has 2 aromatic rings. The number of benzene rings is 2. The van der Waals surface area contributed by atoms with Gasteiger partial charge in [0.25, 0.3) is 0 Å². The maximum absolute atomic E-state index is 12.6. The van der Waals surface area contributed by atoms with E-state index in [1.54, 1.807) is 0 Å². The Labute approximate surface area is 126 Å². The summed E-state index contributed by atoms with van der Waals surface area (Å²) in [5, 5.41) is 3.26. The minimum atomic E-state index is -4.36. The number of hydrogen-bond donors (Lipinski definition) is 1. The van der Waals surface area contributed by atoms with Crippen molar-refractivity contribution in [3.05, 3.63) is 64.7 Å². The smallest absolute Gasteiger partial charge is 0.384 e. The molecule has 0 saturated heterocycles. The van der Waals surface area contributed by atoms with Crippen LogP contribution in [0.3, 0.4) is 0 Å². The van der Waals surface area contributed by atoms with E-state index in [2.05, 4.69) is 5.32 Å². The highest BCUT2D eigenvalue weighted by Crippen LogP contribution is 2.33. The van der Waals surface area contributed by atoms with Gasteiger partial charge in [-0.3, -0.25) is 0 Å². The molecule has 0 aliphatic rings. The van der Waals surface area contributed by atoms with Gasteiger partial charge < -0.3 is 5.32 Å². The Morgan fingerprint density at radius 2 is 1.71 bits per heavy atom. The summed E-state index contributed by atoms with van der Waals surface area (Å²) in [5.41, 5.74) is 0.825. The third-order valence-corrected chi connectivity index (χ3v) is 3.42. The van der Waals surface area contributed by atoms with E-state index in [1.807, 2.05) is 30.3 Å². The van der Waals surface area contributed by atoms with E-state index in [4.69, 9.17) is 11.6 Å². The van der Waals surface area contributed by atoms with Crippen LogP contribution in [0.15, 0.2) is 48.5 Å². The van der Waals surface area contributed by atoms with Crippen molar-refractivity contribution in [2.45, 2.75) is 19.0 Å². The third kappa shape index (κ3) is 4.67. The first-order valence-corrected chi connectivity index (χ1v) is 6.99. The summed E-state index contributed by atoms with van der Waals surface area (Å²) in [6.07, 6.45) is -2.67. The molecule has 21 heavy (non-hydrogen) atoms. The number of halogens is 4. The van der Waals surface area contributed by atoms with Crippen LogP contribution in [-0.2, 0) is 12.6 Å². The van der Waals surface area contributed by atoms with Crippen molar-refractivity contribution in [2.75, 3.05) is 11.9 Å². The highest BCUT2D eigenvalue weighted by Gasteiger charge is 2.30. The SMILES string of the molecule is FC(F)(F)c1ccc(Cl)c(NCCCc2ccccc2)c1. The summed E-state index contributed by atoms with van der Waals surface area (Å²) in [6, 6.07) is 13.2. The maximum atomic E-state index is 12.6. The second-order valence-corrected chi connectivity index (χ2v) is 5.12. The Morgan fingerprint density at radius 3 is 2.38 bits per heavy atom. The number of alkyl halides is 3. The van der Waals surface area contributed by atoms with Gasteiger partial charge in [0, 0.05) is 6.54 Å². The average Bonchev–Trinajstić information content (AvgIpc) is 2.45. The first-order chi connectivity index (χ1) is 9.97. The minimum absolute atomic E-state index is 0.294. The van der Waals surface area contributed by atoms with E-state index in [9.17, 15) is 13.2 Å². The van der Waals surface area contributed by atoms with Gasteiger partial charge in [0.2, 0.25) is 0 Å². The molecule has 0 amide bonds. The van der Waals surface area contributed by atoms with Crippen molar-refractivity contribution in [1.82, 2.24) is 0 Å². The molecule has 0 saturated carbocycles. The van der Waals surface area contributed by atoms with E-state index in [1.165, 1.54) is 11.6 Å². The Bertz CT molecular complexity index is 582. The van der Waals surface area contributed by atoms with Crippen molar-refractivity contribution in [3.63, 3.8) is 0 Å². The maximum Gasteiger partial charge on any atom is 0.416 e. The first kappa shape index (κ1) is 15.7. The molecule has 112 valence electrons. The van der Waals surface area contributed by atoms with Gasteiger partial charge in [-0.2, -0.15) is 13.2 Å². The number of anilines is 1. The van der Waals surface area contributed by atoms with E-state index in [0.717, 1.165) is 25.0 Å². The molecule has 2 aromatic carbocycles. The number of nitrogens with one attached hydrogen (secondary N) is 1. The molecule has 0 atom stereocenters. The first-order valence-electron chi connectivity index (χ1n) is 6.61. The fraction of sp³-hybridized carbons (Fsp3) is 0.250. The Balaban J connectivity index is 1.91. The number of aryl methyl sites for hydroxylation is 1. The molecule has 0 aliphatic carbocycles. The largest absolute Gasteiger partial charge is 0.416 e. The highest BCUT2D eigenvalue weighted by atomic mass is 35.5. The zero-order valence-corrected chi connectivity index (χ0v) is 12.0. The summed E-state index contributed by atoms with van der Waals surface area (Å²) >= 11 is 5.91. The van der Waals surface area contributed by atoms with Crippen LogP contribution in [0.25, 0.3) is 0 Å². The Morgan fingerprint density at radius 1 is 1.00 bits per heavy atom. The van der Waals surface area contributed by atoms with E-state index >= 15 is 0 Å². The lowest BCUT2D eigenvalue weighted by Gasteiger charge is -2.12. The number of hydrogen-bond acceptors (Lipinski definition) is 1. The molecule has 1 N–H and O–H groups in total. The zero-order valence-electron chi connectivity index (χ0n) is 11.3. The molecule has 0 bridgehead atoms. The van der Waals surface area contributed by atoms with Gasteiger partial charge in [-0.15, -0.1) is 0 Å². The third-order valence-electron chi connectivity index (χ3n) is 3.09. The molecule has 0 aliphatic heterocycles. The molecule has 2 rings (SSSR count). The van der Waals surface area contributed by atoms with E-state index < -0.39 is 11.7 Å². The predicted octanol–water partition coefficient (Wildman–Crippen LogP) is 5.40. The van der Waals surface area contributed by atoms with Crippen molar-refractivity contribution < 1.29 is 13.2 Å². The second-order valence-electron chi connectivity index (χ2n) is 4.71. The van der Waals surface area contributed by atoms with Crippen LogP contribution in [-0.4, -0.2) is 6.54 Å². The summed E-state index contributed by atoms with van der Waals surface area (Å²) in [7, 11) is 0. The van der Waals surface area contributed by atoms with E-state index in [-0.39, 0.29) is 0 Å². The Hall–Kier alpha value is -1.68. The summed E-state index contributed by atoms with van der Waals surface area (Å²) in [5.74, 6) is 0. The van der Waals surface area contributed by atoms with Crippen LogP contribution in [0.1, 0.15) is 17.5 Å². The fourth-order valence-electron chi connectivity index (χ4n) is 2.00. The lowest BCUT2D eigenvalue weighted by atomic mass is 10.1. The van der Waals surface area contributed by atoms with Crippen LogP contribution >= 0.6 is 11.6 Å². The van der Waals surface area contributed by atoms with Crippen LogP contribution in [0.2, 0.25) is 5.02 Å². The van der Waals surface area contributed by atoms with E-state index in [0.29, 0.717) is 17.3 Å². The molecular weight excluding hydrogens is 299 g/mol. The molecule has 5 heteroatoms. The van der Waals surface area contributed by atoms with Crippen molar-refractivity contribution >= 4 is 17.3 Å². The van der Waals surface area contributed by atoms with Gasteiger partial charge in [0.1, 0.15) is 0 Å². The second kappa shape index (κ2) is 6.85. The van der Waals surface area contributed by atoms with Gasteiger partial charge in [-0.05, 0) is 36.6 Å². The normalized spacial score (nSPS) is 11.4. The standard InChI is InChI=1S/C16H15ClF3N/c17-14-9-8-13(16(18,19)20)11-15(14)21-10-4-7-12-5-2-1-3-6-12/h1-3,5-6,8-9,11,21H,4,7,10H2. The average molecular weight is 314 g/mol. The van der Waals surface area contributed by atoms with Crippen molar-refractivity contribution in [3.8, 4) is 0 Å². The molecule has 1 nitrogen and oxygen atoms in total. The molecule has 0 radical (unpaired) electrons. The quantitative estimate of drug-likeness (QED) is 0.728. The van der Waals surface area contributed by atoms with Crippen LogP contribution in [0, 0.1) is 0 Å².